The second kappa shape index (κ2) is 4.47. The van der Waals surface area contributed by atoms with Crippen LogP contribution in [0.25, 0.3) is 0 Å². The Balaban J connectivity index is 2.82. The van der Waals surface area contributed by atoms with E-state index >= 15 is 0 Å². The molecule has 0 aliphatic heterocycles. The van der Waals surface area contributed by atoms with E-state index in [1.807, 2.05) is 0 Å². The number of benzene rings is 1. The van der Waals surface area contributed by atoms with Gasteiger partial charge in [0.25, 0.3) is 0 Å². The van der Waals surface area contributed by atoms with Crippen molar-refractivity contribution in [3.63, 3.8) is 0 Å². The monoisotopic (exact) mass is 181 g/mol. The number of hydrogen-bond donors (Lipinski definition) is 0. The lowest BCUT2D eigenvalue weighted by Crippen LogP contribution is -2.03. The van der Waals surface area contributed by atoms with Gasteiger partial charge in [-0.05, 0) is 18.2 Å². The van der Waals surface area contributed by atoms with Crippen LogP contribution < -0.4 is 4.74 Å². The van der Waals surface area contributed by atoms with Gasteiger partial charge in [0.1, 0.15) is 12.9 Å². The summed E-state index contributed by atoms with van der Waals surface area (Å²) in [6.07, 6.45) is 0. The Hall–Kier alpha value is -1.55. The average Bonchev–Trinajstić information content (AvgIpc) is 2.18. The summed E-state index contributed by atoms with van der Waals surface area (Å²) in [5, 5.41) is 0. The lowest BCUT2D eigenvalue weighted by molar-refractivity contribution is -0.195. The first-order chi connectivity index (χ1) is 6.27. The molecule has 0 bridgehead atoms. The van der Waals surface area contributed by atoms with Gasteiger partial charge in [0.05, 0.1) is 12.7 Å². The van der Waals surface area contributed by atoms with Crippen LogP contribution in [0.1, 0.15) is 10.4 Å². The fourth-order valence-electron chi connectivity index (χ4n) is 0.852. The molecule has 1 rings (SSSR count). The third-order valence-corrected chi connectivity index (χ3v) is 1.44. The molecule has 1 radical (unpaired) electrons. The molecule has 0 aliphatic carbocycles. The lowest BCUT2D eigenvalue weighted by Gasteiger charge is -2.02. The Morgan fingerprint density at radius 3 is 2.85 bits per heavy atom. The van der Waals surface area contributed by atoms with Crippen molar-refractivity contribution >= 4 is 5.97 Å². The van der Waals surface area contributed by atoms with Gasteiger partial charge >= 0.3 is 5.97 Å². The molecule has 4 heteroatoms. The molecule has 0 saturated heterocycles. The van der Waals surface area contributed by atoms with Crippen molar-refractivity contribution in [3.05, 3.63) is 36.9 Å². The molecule has 4 nitrogen and oxygen atoms in total. The van der Waals surface area contributed by atoms with Crippen LogP contribution in [-0.2, 0) is 9.78 Å². The number of ether oxygens (including phenoxy) is 1. The molecule has 69 valence electrons. The first-order valence-corrected chi connectivity index (χ1v) is 3.55. The molecule has 0 N–H and O–H groups in total. The van der Waals surface area contributed by atoms with Gasteiger partial charge in [-0.15, -0.1) is 0 Å². The summed E-state index contributed by atoms with van der Waals surface area (Å²) in [4.78, 5) is 19.3. The number of hydrogen-bond acceptors (Lipinski definition) is 4. The molecule has 0 unspecified atom stereocenters. The smallest absolute Gasteiger partial charge is 0.373 e. The van der Waals surface area contributed by atoms with E-state index in [1.165, 1.54) is 7.11 Å². The number of methoxy groups -OCH3 is 1. The van der Waals surface area contributed by atoms with E-state index < -0.39 is 5.97 Å². The van der Waals surface area contributed by atoms with E-state index in [0.29, 0.717) is 11.3 Å². The zero-order valence-electron chi connectivity index (χ0n) is 7.15. The third kappa shape index (κ3) is 2.45. The summed E-state index contributed by atoms with van der Waals surface area (Å²) in [6, 6.07) is 6.53. The van der Waals surface area contributed by atoms with Crippen LogP contribution >= 0.6 is 0 Å². The van der Waals surface area contributed by atoms with Crippen molar-refractivity contribution in [2.24, 2.45) is 0 Å². The summed E-state index contributed by atoms with van der Waals surface area (Å²) >= 11 is 0. The largest absolute Gasteiger partial charge is 0.497 e. The Morgan fingerprint density at radius 2 is 2.23 bits per heavy atom. The number of rotatable bonds is 3. The maximum atomic E-state index is 11.1. The normalized spacial score (nSPS) is 9.38. The molecule has 13 heavy (non-hydrogen) atoms. The van der Waals surface area contributed by atoms with Crippen molar-refractivity contribution in [1.29, 1.82) is 0 Å². The zero-order chi connectivity index (χ0) is 9.68. The molecule has 1 aromatic rings. The van der Waals surface area contributed by atoms with Crippen LogP contribution in [0.4, 0.5) is 0 Å². The SMILES string of the molecule is [CH2]OOC(=O)c1cccc(OC)c1. The maximum absolute atomic E-state index is 11.1. The summed E-state index contributed by atoms with van der Waals surface area (Å²) in [5.41, 5.74) is 0.350. The number of carbonyl (C=O) groups is 1. The first-order valence-electron chi connectivity index (χ1n) is 3.55. The van der Waals surface area contributed by atoms with Crippen molar-refractivity contribution < 1.29 is 19.3 Å². The van der Waals surface area contributed by atoms with Crippen LogP contribution in [-0.4, -0.2) is 13.1 Å². The highest BCUT2D eigenvalue weighted by Gasteiger charge is 2.07. The Kier molecular flexibility index (Phi) is 3.28. The van der Waals surface area contributed by atoms with Gasteiger partial charge in [-0.1, -0.05) is 6.07 Å². The van der Waals surface area contributed by atoms with Gasteiger partial charge in [-0.2, -0.15) is 4.89 Å². The van der Waals surface area contributed by atoms with Gasteiger partial charge in [-0.3, -0.25) is 4.89 Å². The fourth-order valence-corrected chi connectivity index (χ4v) is 0.852. The van der Waals surface area contributed by atoms with Gasteiger partial charge in [-0.25, -0.2) is 4.79 Å². The van der Waals surface area contributed by atoms with E-state index in [-0.39, 0.29) is 0 Å². The minimum atomic E-state index is -0.603. The standard InChI is InChI=1S/C9H9O4/c1-11-8-5-3-4-7(6-8)9(10)13-12-2/h3-6H,2H2,1H3. The van der Waals surface area contributed by atoms with Crippen LogP contribution in [0.15, 0.2) is 24.3 Å². The summed E-state index contributed by atoms with van der Waals surface area (Å²) in [5.74, 6) is -0.0209. The predicted molar refractivity (Wildman–Crippen MR) is 44.9 cm³/mol. The van der Waals surface area contributed by atoms with Crippen LogP contribution in [0.2, 0.25) is 0 Å². The van der Waals surface area contributed by atoms with E-state index in [1.54, 1.807) is 24.3 Å². The average molecular weight is 181 g/mol. The van der Waals surface area contributed by atoms with E-state index in [4.69, 9.17) is 4.74 Å². The Labute approximate surface area is 76.0 Å². The number of carbonyl (C=O) groups excluding carboxylic acids is 1. The molecule has 0 aromatic heterocycles. The van der Waals surface area contributed by atoms with Crippen molar-refractivity contribution in [2.75, 3.05) is 7.11 Å². The second-order valence-electron chi connectivity index (χ2n) is 2.22. The first kappa shape index (κ1) is 9.54. The Morgan fingerprint density at radius 1 is 1.46 bits per heavy atom. The van der Waals surface area contributed by atoms with Crippen molar-refractivity contribution in [3.8, 4) is 5.75 Å². The topological polar surface area (TPSA) is 44.8 Å². The van der Waals surface area contributed by atoms with Crippen LogP contribution in [0.5, 0.6) is 5.75 Å². The van der Waals surface area contributed by atoms with Gasteiger partial charge in [0, 0.05) is 0 Å². The highest BCUT2D eigenvalue weighted by molar-refractivity contribution is 5.89. The quantitative estimate of drug-likeness (QED) is 0.524. The van der Waals surface area contributed by atoms with Crippen LogP contribution in [0, 0.1) is 7.11 Å². The van der Waals surface area contributed by atoms with Crippen molar-refractivity contribution in [1.82, 2.24) is 0 Å². The van der Waals surface area contributed by atoms with Gasteiger partial charge in [0.15, 0.2) is 0 Å². The minimum absolute atomic E-state index is 0.350. The van der Waals surface area contributed by atoms with E-state index in [9.17, 15) is 4.79 Å². The Bertz CT molecular complexity index is 295. The lowest BCUT2D eigenvalue weighted by atomic mass is 10.2. The highest BCUT2D eigenvalue weighted by atomic mass is 17.2. The van der Waals surface area contributed by atoms with Crippen LogP contribution in [0.3, 0.4) is 0 Å². The van der Waals surface area contributed by atoms with E-state index in [2.05, 4.69) is 16.9 Å². The third-order valence-electron chi connectivity index (χ3n) is 1.44. The predicted octanol–water partition coefficient (Wildman–Crippen LogP) is 1.58. The minimum Gasteiger partial charge on any atom is -0.497 e. The van der Waals surface area contributed by atoms with Crippen molar-refractivity contribution in [2.45, 2.75) is 0 Å². The molecule has 0 saturated carbocycles. The zero-order valence-corrected chi connectivity index (χ0v) is 7.15. The molecule has 0 fully saturated rings. The van der Waals surface area contributed by atoms with E-state index in [0.717, 1.165) is 0 Å². The summed E-state index contributed by atoms with van der Waals surface area (Å²) < 4.78 is 4.92. The highest BCUT2D eigenvalue weighted by Crippen LogP contribution is 2.13. The fraction of sp³-hybridized carbons (Fsp3) is 0.111. The molecule has 0 heterocycles. The molecule has 0 spiro atoms. The molecule has 0 amide bonds. The van der Waals surface area contributed by atoms with Gasteiger partial charge in [0.2, 0.25) is 0 Å². The molecular weight excluding hydrogens is 172 g/mol. The summed E-state index contributed by atoms with van der Waals surface area (Å²) in [6.45, 7) is 0. The molecule has 0 aliphatic rings. The van der Waals surface area contributed by atoms with Gasteiger partial charge < -0.3 is 4.74 Å². The molecule has 1 aromatic carbocycles. The maximum Gasteiger partial charge on any atom is 0.373 e. The molecular formula is C9H9O4. The molecule has 0 atom stereocenters. The second-order valence-corrected chi connectivity index (χ2v) is 2.22. The summed E-state index contributed by atoms with van der Waals surface area (Å²) in [7, 11) is 4.44.